The summed E-state index contributed by atoms with van der Waals surface area (Å²) in [4.78, 5) is 66.9. The van der Waals surface area contributed by atoms with E-state index >= 15 is 0 Å². The summed E-state index contributed by atoms with van der Waals surface area (Å²) in [6.07, 6.45) is 2.97. The van der Waals surface area contributed by atoms with E-state index in [2.05, 4.69) is 26.2 Å². The third kappa shape index (κ3) is 4.98. The van der Waals surface area contributed by atoms with Crippen LogP contribution in [-0.4, -0.2) is 54.3 Å². The van der Waals surface area contributed by atoms with Crippen LogP contribution in [-0.2, 0) is 16.1 Å². The van der Waals surface area contributed by atoms with Crippen molar-refractivity contribution in [2.45, 2.75) is 43.8 Å². The van der Waals surface area contributed by atoms with Crippen LogP contribution in [0.15, 0.2) is 96.3 Å². The lowest BCUT2D eigenvalue weighted by atomic mass is 9.79. The van der Waals surface area contributed by atoms with Crippen LogP contribution in [0, 0.1) is 0 Å². The Labute approximate surface area is 277 Å². The van der Waals surface area contributed by atoms with Gasteiger partial charge in [-0.25, -0.2) is 4.68 Å². The van der Waals surface area contributed by atoms with Gasteiger partial charge < -0.3 is 9.64 Å². The Kier molecular flexibility index (Phi) is 7.24. The number of rotatable bonds is 6. The number of carbonyl (C=O) groups is 5. The van der Waals surface area contributed by atoms with E-state index in [0.717, 1.165) is 0 Å². The van der Waals surface area contributed by atoms with E-state index < -0.39 is 28.0 Å². The van der Waals surface area contributed by atoms with E-state index in [1.807, 2.05) is 13.8 Å². The summed E-state index contributed by atoms with van der Waals surface area (Å²) >= 11 is 3.73. The number of ether oxygens (including phenoxy) is 1. The molecule has 3 aliphatic rings. The second kappa shape index (κ2) is 11.2. The van der Waals surface area contributed by atoms with E-state index in [4.69, 9.17) is 4.74 Å². The molecular formula is C36H27BrN4O6. The highest BCUT2D eigenvalue weighted by atomic mass is 79.9. The topological polar surface area (TPSA) is 129 Å². The van der Waals surface area contributed by atoms with Crippen molar-refractivity contribution in [1.29, 1.82) is 0 Å². The summed E-state index contributed by atoms with van der Waals surface area (Å²) in [5.41, 5.74) is 2.39. The zero-order valence-electron chi connectivity index (χ0n) is 25.6. The first-order valence-electron chi connectivity index (χ1n) is 14.9. The summed E-state index contributed by atoms with van der Waals surface area (Å²) < 4.78 is 7.89. The fraction of sp³-hybridized carbons (Fsp3) is 0.194. The van der Waals surface area contributed by atoms with Gasteiger partial charge in [-0.05, 0) is 45.0 Å². The number of alkyl halides is 1. The molecule has 0 N–H and O–H groups in total. The molecule has 47 heavy (non-hydrogen) atoms. The molecule has 2 heterocycles. The Hall–Kier alpha value is -5.29. The van der Waals surface area contributed by atoms with Crippen LogP contribution in [0.25, 0.3) is 5.76 Å². The van der Waals surface area contributed by atoms with Crippen LogP contribution in [0.5, 0.6) is 0 Å². The number of Topliss-reactive ketones (excluding diaryl/α,β-unsaturated/α-hetero) is 4. The monoisotopic (exact) mass is 690 g/mol. The molecule has 0 saturated heterocycles. The molecule has 2 atom stereocenters. The van der Waals surface area contributed by atoms with Gasteiger partial charge in [-0.3, -0.25) is 24.0 Å². The second-order valence-electron chi connectivity index (χ2n) is 12.1. The molecule has 3 aromatic carbocycles. The molecule has 4 aromatic rings. The number of anilines is 1. The molecule has 0 radical (unpaired) electrons. The van der Waals surface area contributed by atoms with Crippen LogP contribution in [0.3, 0.4) is 0 Å². The third-order valence-corrected chi connectivity index (χ3v) is 10.3. The zero-order valence-corrected chi connectivity index (χ0v) is 27.1. The maximum absolute atomic E-state index is 13.8. The number of aromatic nitrogens is 3. The Bertz CT molecular complexity index is 2110. The molecule has 0 bridgehead atoms. The van der Waals surface area contributed by atoms with Crippen LogP contribution < -0.4 is 4.90 Å². The molecule has 1 aliphatic heterocycles. The number of allylic oxidation sites excluding steroid dienone is 3. The van der Waals surface area contributed by atoms with Gasteiger partial charge in [0.2, 0.25) is 17.3 Å². The zero-order chi connectivity index (χ0) is 33.2. The lowest BCUT2D eigenvalue weighted by Gasteiger charge is -2.44. The maximum atomic E-state index is 13.8. The van der Waals surface area contributed by atoms with Gasteiger partial charge in [-0.1, -0.05) is 69.7 Å². The largest absolute Gasteiger partial charge is 0.485 e. The number of ketones is 5. The number of hydrogen-bond acceptors (Lipinski definition) is 9. The molecule has 0 amide bonds. The van der Waals surface area contributed by atoms with Crippen molar-refractivity contribution in [1.82, 2.24) is 15.0 Å². The Morgan fingerprint density at radius 3 is 2.15 bits per heavy atom. The molecule has 0 spiro atoms. The van der Waals surface area contributed by atoms with E-state index in [9.17, 15) is 24.0 Å². The van der Waals surface area contributed by atoms with E-state index in [1.54, 1.807) is 83.9 Å². The first kappa shape index (κ1) is 30.4. The highest BCUT2D eigenvalue weighted by molar-refractivity contribution is 9.09. The fourth-order valence-corrected chi connectivity index (χ4v) is 6.84. The minimum Gasteiger partial charge on any atom is -0.485 e. The number of halogens is 1. The molecule has 0 saturated carbocycles. The minimum atomic E-state index is -0.818. The summed E-state index contributed by atoms with van der Waals surface area (Å²) in [7, 11) is 0. The number of carbonyl (C=O) groups excluding carboxylic acids is 5. The van der Waals surface area contributed by atoms with Crippen LogP contribution in [0.2, 0.25) is 0 Å². The van der Waals surface area contributed by atoms with Crippen LogP contribution >= 0.6 is 15.9 Å². The van der Waals surface area contributed by atoms with Crippen LogP contribution in [0.1, 0.15) is 79.5 Å². The molecule has 0 unspecified atom stereocenters. The average molecular weight is 692 g/mol. The quantitative estimate of drug-likeness (QED) is 0.141. The standard InChI is InChI=1S/C36H27BrN4O6/c1-19(42)20-12-14-22(15-13-20)40(27-16-28(43)23-8-4-5-9-24(23)31(27)44)17-21-18-41(39-38-21)30-29-33(46)32(45)25-10-6-7-11-26(25)34(29)47-36(2,3)35(30)37/h4-16,18,30,35H,17H2,1-3H3/t30-,35+/m1/s1. The second-order valence-corrected chi connectivity index (χ2v) is 13.1. The number of hydrogen-bond donors (Lipinski definition) is 0. The molecule has 0 fully saturated rings. The first-order chi connectivity index (χ1) is 22.5. The van der Waals surface area contributed by atoms with Gasteiger partial charge in [-0.2, -0.15) is 0 Å². The Morgan fingerprint density at radius 1 is 0.872 bits per heavy atom. The van der Waals surface area contributed by atoms with Crippen molar-refractivity contribution in [3.8, 4) is 0 Å². The summed E-state index contributed by atoms with van der Waals surface area (Å²) in [5, 5.41) is 8.81. The number of nitrogens with zero attached hydrogens (tertiary/aromatic N) is 4. The Balaban J connectivity index is 1.31. The van der Waals surface area contributed by atoms with E-state index in [1.165, 1.54) is 17.7 Å². The highest BCUT2D eigenvalue weighted by Crippen LogP contribution is 2.48. The van der Waals surface area contributed by atoms with Gasteiger partial charge in [0.25, 0.3) is 0 Å². The van der Waals surface area contributed by atoms with E-state index in [-0.39, 0.29) is 46.3 Å². The average Bonchev–Trinajstić information content (AvgIpc) is 3.53. The molecule has 7 rings (SSSR count). The highest BCUT2D eigenvalue weighted by Gasteiger charge is 2.51. The first-order valence-corrected chi connectivity index (χ1v) is 15.8. The van der Waals surface area contributed by atoms with Gasteiger partial charge in [0, 0.05) is 39.6 Å². The minimum absolute atomic E-state index is 0.0214. The fourth-order valence-electron chi connectivity index (χ4n) is 6.24. The molecule has 10 nitrogen and oxygen atoms in total. The molecule has 234 valence electrons. The van der Waals surface area contributed by atoms with Gasteiger partial charge in [0.05, 0.1) is 28.8 Å². The van der Waals surface area contributed by atoms with E-state index in [0.29, 0.717) is 33.8 Å². The van der Waals surface area contributed by atoms with Gasteiger partial charge >= 0.3 is 0 Å². The maximum Gasteiger partial charge on any atom is 0.235 e. The molecule has 2 aliphatic carbocycles. The Morgan fingerprint density at radius 2 is 1.49 bits per heavy atom. The van der Waals surface area contributed by atoms with Crippen molar-refractivity contribution in [2.24, 2.45) is 0 Å². The lowest BCUT2D eigenvalue weighted by molar-refractivity contribution is -0.113. The van der Waals surface area contributed by atoms with Crippen LogP contribution in [0.4, 0.5) is 5.69 Å². The van der Waals surface area contributed by atoms with Crippen molar-refractivity contribution in [3.05, 3.63) is 130 Å². The molecular weight excluding hydrogens is 664 g/mol. The van der Waals surface area contributed by atoms with Crippen molar-refractivity contribution < 1.29 is 28.7 Å². The lowest BCUT2D eigenvalue weighted by Crippen LogP contribution is -2.48. The third-order valence-electron chi connectivity index (χ3n) is 8.69. The van der Waals surface area contributed by atoms with Gasteiger partial charge in [-0.15, -0.1) is 5.10 Å². The molecule has 11 heteroatoms. The van der Waals surface area contributed by atoms with Gasteiger partial charge in [0.1, 0.15) is 23.1 Å². The van der Waals surface area contributed by atoms with Gasteiger partial charge in [0.15, 0.2) is 11.6 Å². The summed E-state index contributed by atoms with van der Waals surface area (Å²) in [6, 6.07) is 19.5. The predicted molar refractivity (Wildman–Crippen MR) is 175 cm³/mol. The summed E-state index contributed by atoms with van der Waals surface area (Å²) in [6.45, 7) is 5.25. The number of fused-ring (bicyclic) bond motifs is 3. The van der Waals surface area contributed by atoms with Crippen molar-refractivity contribution in [2.75, 3.05) is 4.90 Å². The normalized spacial score (nSPS) is 19.8. The molecule has 1 aromatic heterocycles. The summed E-state index contributed by atoms with van der Waals surface area (Å²) in [5.74, 6) is -1.73. The number of benzene rings is 3. The van der Waals surface area contributed by atoms with Crippen molar-refractivity contribution in [3.63, 3.8) is 0 Å². The predicted octanol–water partition coefficient (Wildman–Crippen LogP) is 5.74. The SMILES string of the molecule is CC(=O)c1ccc(N(Cc2cn([C@@H]3C4=C(OC(C)(C)[C@H]3Br)c3ccccc3C(=O)C4=O)nn2)C2=CC(=O)c3ccccc3C2=O)cc1. The smallest absolute Gasteiger partial charge is 0.235 e. The van der Waals surface area contributed by atoms with Crippen molar-refractivity contribution >= 4 is 56.3 Å².